The van der Waals surface area contributed by atoms with E-state index in [1.165, 1.54) is 6.07 Å². The molecule has 0 radical (unpaired) electrons. The van der Waals surface area contributed by atoms with Crippen molar-refractivity contribution in [2.24, 2.45) is 0 Å². The van der Waals surface area contributed by atoms with Gasteiger partial charge in [0.1, 0.15) is 6.61 Å². The molecule has 0 aliphatic rings. The number of aromatic nitrogens is 1. The molecule has 5 heteroatoms. The number of nitrogens with zero attached hydrogens (tertiary/aromatic N) is 1. The van der Waals surface area contributed by atoms with Gasteiger partial charge in [0.05, 0.1) is 11.1 Å². The Hall–Kier alpha value is -2.59. The van der Waals surface area contributed by atoms with Crippen LogP contribution in [-0.4, -0.2) is 16.1 Å². The number of halogens is 1. The highest BCUT2D eigenvalue weighted by atomic mass is 35.5. The van der Waals surface area contributed by atoms with Crippen LogP contribution < -0.4 is 4.74 Å². The van der Waals surface area contributed by atoms with Crippen LogP contribution in [0.5, 0.6) is 5.88 Å². The molecule has 0 amide bonds. The molecule has 2 aromatic carbocycles. The number of benzene rings is 2. The molecule has 0 bridgehead atoms. The normalized spacial score (nSPS) is 10.6. The first-order valence-electron chi connectivity index (χ1n) is 6.64. The highest BCUT2D eigenvalue weighted by molar-refractivity contribution is 6.31. The van der Waals surface area contributed by atoms with E-state index in [0.717, 1.165) is 5.56 Å². The third-order valence-corrected chi connectivity index (χ3v) is 3.63. The van der Waals surface area contributed by atoms with Crippen molar-refractivity contribution in [3.8, 4) is 5.88 Å². The molecule has 0 unspecified atom stereocenters. The van der Waals surface area contributed by atoms with E-state index in [9.17, 15) is 9.90 Å². The molecule has 0 fully saturated rings. The summed E-state index contributed by atoms with van der Waals surface area (Å²) in [5.74, 6) is -0.753. The zero-order chi connectivity index (χ0) is 15.5. The van der Waals surface area contributed by atoms with E-state index in [0.29, 0.717) is 15.9 Å². The maximum absolute atomic E-state index is 11.4. The topological polar surface area (TPSA) is 59.4 Å². The van der Waals surface area contributed by atoms with Crippen molar-refractivity contribution in [2.75, 3.05) is 0 Å². The van der Waals surface area contributed by atoms with Crippen molar-refractivity contribution in [3.05, 3.63) is 70.7 Å². The third-order valence-electron chi connectivity index (χ3n) is 3.26. The van der Waals surface area contributed by atoms with Crippen LogP contribution in [-0.2, 0) is 6.61 Å². The molecule has 3 rings (SSSR count). The largest absolute Gasteiger partial charge is 0.478 e. The summed E-state index contributed by atoms with van der Waals surface area (Å²) in [7, 11) is 0. The SMILES string of the molecule is O=C(O)c1cc(OCc2ccccc2Cl)nc2ccccc12. The second-order valence-corrected chi connectivity index (χ2v) is 5.12. The summed E-state index contributed by atoms with van der Waals surface area (Å²) in [5.41, 5.74) is 1.56. The van der Waals surface area contributed by atoms with E-state index in [1.807, 2.05) is 18.2 Å². The molecule has 0 saturated heterocycles. The second-order valence-electron chi connectivity index (χ2n) is 4.71. The smallest absolute Gasteiger partial charge is 0.336 e. The maximum Gasteiger partial charge on any atom is 0.336 e. The number of hydrogen-bond donors (Lipinski definition) is 1. The Kier molecular flexibility index (Phi) is 3.94. The van der Waals surface area contributed by atoms with Gasteiger partial charge in [0, 0.05) is 22.0 Å². The third kappa shape index (κ3) is 2.87. The maximum atomic E-state index is 11.4. The van der Waals surface area contributed by atoms with Gasteiger partial charge >= 0.3 is 5.97 Å². The quantitative estimate of drug-likeness (QED) is 0.785. The second kappa shape index (κ2) is 6.03. The fraction of sp³-hybridized carbons (Fsp3) is 0.0588. The molecule has 0 aliphatic heterocycles. The molecule has 0 saturated carbocycles. The van der Waals surface area contributed by atoms with Crippen LogP contribution in [0.2, 0.25) is 5.02 Å². The predicted octanol–water partition coefficient (Wildman–Crippen LogP) is 4.17. The van der Waals surface area contributed by atoms with Gasteiger partial charge in [-0.1, -0.05) is 48.0 Å². The number of fused-ring (bicyclic) bond motifs is 1. The number of para-hydroxylation sites is 1. The summed E-state index contributed by atoms with van der Waals surface area (Å²) in [6.45, 7) is 0.226. The average molecular weight is 314 g/mol. The minimum absolute atomic E-state index is 0.166. The highest BCUT2D eigenvalue weighted by Gasteiger charge is 2.12. The van der Waals surface area contributed by atoms with Crippen molar-refractivity contribution < 1.29 is 14.6 Å². The van der Waals surface area contributed by atoms with E-state index < -0.39 is 5.97 Å². The molecule has 4 nitrogen and oxygen atoms in total. The minimum atomic E-state index is -1.01. The first-order chi connectivity index (χ1) is 10.6. The zero-order valence-electron chi connectivity index (χ0n) is 11.5. The van der Waals surface area contributed by atoms with E-state index in [2.05, 4.69) is 4.98 Å². The van der Waals surface area contributed by atoms with E-state index >= 15 is 0 Å². The summed E-state index contributed by atoms with van der Waals surface area (Å²) in [5, 5.41) is 10.5. The lowest BCUT2D eigenvalue weighted by Crippen LogP contribution is -2.03. The summed E-state index contributed by atoms with van der Waals surface area (Å²) in [6, 6.07) is 15.8. The Morgan fingerprint density at radius 1 is 1.14 bits per heavy atom. The fourth-order valence-electron chi connectivity index (χ4n) is 2.17. The Bertz CT molecular complexity index is 848. The minimum Gasteiger partial charge on any atom is -0.478 e. The van der Waals surface area contributed by atoms with Gasteiger partial charge in [-0.05, 0) is 12.1 Å². The lowest BCUT2D eigenvalue weighted by Gasteiger charge is -2.09. The van der Waals surface area contributed by atoms with Gasteiger partial charge in [-0.25, -0.2) is 9.78 Å². The molecule has 0 aliphatic carbocycles. The van der Waals surface area contributed by atoms with Gasteiger partial charge in [-0.2, -0.15) is 0 Å². The lowest BCUT2D eigenvalue weighted by molar-refractivity contribution is 0.0698. The van der Waals surface area contributed by atoms with Crippen molar-refractivity contribution in [1.29, 1.82) is 0 Å². The summed E-state index contributed by atoms with van der Waals surface area (Å²) in [4.78, 5) is 15.7. The number of pyridine rings is 1. The molecule has 110 valence electrons. The summed E-state index contributed by atoms with van der Waals surface area (Å²) >= 11 is 6.07. The van der Waals surface area contributed by atoms with Crippen molar-refractivity contribution in [3.63, 3.8) is 0 Å². The number of hydrogen-bond acceptors (Lipinski definition) is 3. The van der Waals surface area contributed by atoms with Crippen molar-refractivity contribution >= 4 is 28.5 Å². The van der Waals surface area contributed by atoms with Crippen molar-refractivity contribution in [1.82, 2.24) is 4.98 Å². The number of ether oxygens (including phenoxy) is 1. The molecule has 1 aromatic heterocycles. The van der Waals surface area contributed by atoms with Crippen LogP contribution in [0.15, 0.2) is 54.6 Å². The molecule has 1 N–H and O–H groups in total. The van der Waals surface area contributed by atoms with Gasteiger partial charge in [0.2, 0.25) is 5.88 Å². The van der Waals surface area contributed by atoms with Crippen molar-refractivity contribution in [2.45, 2.75) is 6.61 Å². The first-order valence-corrected chi connectivity index (χ1v) is 7.02. The van der Waals surface area contributed by atoms with Gasteiger partial charge in [0.15, 0.2) is 0 Å². The molecular weight excluding hydrogens is 302 g/mol. The standard InChI is InChI=1S/C17H12ClNO3/c18-14-7-3-1-5-11(14)10-22-16-9-13(17(20)21)12-6-2-4-8-15(12)19-16/h1-9H,10H2,(H,20,21). The van der Waals surface area contributed by atoms with E-state index in [1.54, 1.807) is 30.3 Å². The number of rotatable bonds is 4. The van der Waals surface area contributed by atoms with Crippen LogP contribution in [0, 0.1) is 0 Å². The molecule has 0 atom stereocenters. The predicted molar refractivity (Wildman–Crippen MR) is 84.5 cm³/mol. The number of aromatic carboxylic acids is 1. The Morgan fingerprint density at radius 3 is 2.64 bits per heavy atom. The lowest BCUT2D eigenvalue weighted by atomic mass is 10.1. The molecule has 1 heterocycles. The van der Waals surface area contributed by atoms with Crippen LogP contribution in [0.25, 0.3) is 10.9 Å². The molecular formula is C17H12ClNO3. The first kappa shape index (κ1) is 14.4. The summed E-state index contributed by atoms with van der Waals surface area (Å²) < 4.78 is 5.61. The van der Waals surface area contributed by atoms with Gasteiger partial charge in [-0.15, -0.1) is 0 Å². The molecule has 3 aromatic rings. The van der Waals surface area contributed by atoms with Gasteiger partial charge in [-0.3, -0.25) is 0 Å². The molecule has 22 heavy (non-hydrogen) atoms. The fourth-order valence-corrected chi connectivity index (χ4v) is 2.36. The molecule has 0 spiro atoms. The summed E-state index contributed by atoms with van der Waals surface area (Å²) in [6.07, 6.45) is 0. The zero-order valence-corrected chi connectivity index (χ0v) is 12.2. The Balaban J connectivity index is 1.94. The number of carboxylic acid groups (broad SMARTS) is 1. The Morgan fingerprint density at radius 2 is 1.86 bits per heavy atom. The number of carboxylic acids is 1. The van der Waals surface area contributed by atoms with Crippen LogP contribution in [0.4, 0.5) is 0 Å². The highest BCUT2D eigenvalue weighted by Crippen LogP contribution is 2.23. The van der Waals surface area contributed by atoms with Crippen LogP contribution in [0.3, 0.4) is 0 Å². The van der Waals surface area contributed by atoms with Gasteiger partial charge in [0.25, 0.3) is 0 Å². The Labute approximate surface area is 131 Å². The number of carbonyl (C=O) groups is 1. The van der Waals surface area contributed by atoms with Crippen LogP contribution in [0.1, 0.15) is 15.9 Å². The monoisotopic (exact) mass is 313 g/mol. The van der Waals surface area contributed by atoms with E-state index in [-0.39, 0.29) is 18.1 Å². The average Bonchev–Trinajstić information content (AvgIpc) is 2.53. The van der Waals surface area contributed by atoms with Crippen LogP contribution >= 0.6 is 11.6 Å². The van der Waals surface area contributed by atoms with E-state index in [4.69, 9.17) is 16.3 Å². The van der Waals surface area contributed by atoms with Gasteiger partial charge < -0.3 is 9.84 Å².